The summed E-state index contributed by atoms with van der Waals surface area (Å²) in [5.41, 5.74) is 0.655. The van der Waals surface area contributed by atoms with E-state index in [4.69, 9.17) is 4.84 Å². The molecule has 1 heterocycles. The Labute approximate surface area is 82.5 Å². The van der Waals surface area contributed by atoms with Crippen LogP contribution in [0, 0.1) is 0 Å². The average Bonchev–Trinajstić information content (AvgIpc) is 2.30. The highest BCUT2D eigenvalue weighted by molar-refractivity contribution is 5.93. The van der Waals surface area contributed by atoms with Crippen LogP contribution in [0.3, 0.4) is 0 Å². The topological polar surface area (TPSA) is 29.5 Å². The van der Waals surface area contributed by atoms with Crippen molar-refractivity contribution in [2.24, 2.45) is 0 Å². The molecule has 0 saturated carbocycles. The first-order valence-corrected chi connectivity index (χ1v) is 4.53. The van der Waals surface area contributed by atoms with Crippen LogP contribution in [0.5, 0.6) is 0 Å². The molecule has 0 atom stereocenters. The number of carbonyl (C=O) groups is 1. The first-order chi connectivity index (χ1) is 6.88. The summed E-state index contributed by atoms with van der Waals surface area (Å²) < 4.78 is 0. The van der Waals surface area contributed by atoms with Crippen LogP contribution < -0.4 is 0 Å². The van der Waals surface area contributed by atoms with E-state index in [1.807, 2.05) is 30.4 Å². The van der Waals surface area contributed by atoms with Gasteiger partial charge in [0.1, 0.15) is 0 Å². The number of hydrogen-bond acceptors (Lipinski definition) is 2. The molecule has 0 unspecified atom stereocenters. The Morgan fingerprint density at radius 1 is 1.21 bits per heavy atom. The molecule has 1 aliphatic heterocycles. The SMILES string of the molecule is O=C(c1ccccc1)N1CC=CCO1. The van der Waals surface area contributed by atoms with E-state index in [0.29, 0.717) is 18.7 Å². The lowest BCUT2D eigenvalue weighted by Crippen LogP contribution is -2.33. The molecular weight excluding hydrogens is 178 g/mol. The molecule has 72 valence electrons. The number of benzene rings is 1. The first-order valence-electron chi connectivity index (χ1n) is 4.53. The maximum absolute atomic E-state index is 11.8. The summed E-state index contributed by atoms with van der Waals surface area (Å²) in [6.45, 7) is 0.992. The molecule has 0 saturated heterocycles. The second kappa shape index (κ2) is 4.07. The van der Waals surface area contributed by atoms with Crippen LogP contribution in [0.15, 0.2) is 42.5 Å². The van der Waals surface area contributed by atoms with E-state index in [0.717, 1.165) is 0 Å². The Kier molecular flexibility index (Phi) is 2.60. The maximum Gasteiger partial charge on any atom is 0.277 e. The van der Waals surface area contributed by atoms with Gasteiger partial charge in [-0.25, -0.2) is 5.06 Å². The summed E-state index contributed by atoms with van der Waals surface area (Å²) in [7, 11) is 0. The van der Waals surface area contributed by atoms with Crippen molar-refractivity contribution >= 4 is 5.91 Å². The van der Waals surface area contributed by atoms with Gasteiger partial charge in [0.25, 0.3) is 5.91 Å². The third kappa shape index (κ3) is 1.83. The smallest absolute Gasteiger partial charge is 0.267 e. The van der Waals surface area contributed by atoms with Gasteiger partial charge < -0.3 is 0 Å². The molecule has 0 bridgehead atoms. The highest BCUT2D eigenvalue weighted by atomic mass is 16.7. The minimum absolute atomic E-state index is 0.0880. The number of carbonyl (C=O) groups excluding carboxylic acids is 1. The molecule has 2 rings (SSSR count). The molecule has 1 aromatic carbocycles. The third-order valence-corrected chi connectivity index (χ3v) is 2.01. The van der Waals surface area contributed by atoms with Gasteiger partial charge in [-0.05, 0) is 12.1 Å². The van der Waals surface area contributed by atoms with Crippen molar-refractivity contribution in [3.05, 3.63) is 48.0 Å². The molecule has 14 heavy (non-hydrogen) atoms. The zero-order valence-electron chi connectivity index (χ0n) is 7.72. The van der Waals surface area contributed by atoms with E-state index in [1.54, 1.807) is 12.1 Å². The number of nitrogens with zero attached hydrogens (tertiary/aromatic N) is 1. The fourth-order valence-corrected chi connectivity index (χ4v) is 1.29. The predicted molar refractivity (Wildman–Crippen MR) is 52.6 cm³/mol. The fourth-order valence-electron chi connectivity index (χ4n) is 1.29. The average molecular weight is 189 g/mol. The number of amides is 1. The Hall–Kier alpha value is -1.61. The summed E-state index contributed by atoms with van der Waals surface area (Å²) in [6.07, 6.45) is 3.82. The van der Waals surface area contributed by atoms with E-state index in [-0.39, 0.29) is 5.91 Å². The first kappa shape index (κ1) is 8.97. The van der Waals surface area contributed by atoms with Gasteiger partial charge in [0.05, 0.1) is 13.2 Å². The minimum atomic E-state index is -0.0880. The van der Waals surface area contributed by atoms with Crippen LogP contribution in [0.1, 0.15) is 10.4 Å². The summed E-state index contributed by atoms with van der Waals surface area (Å²) in [6, 6.07) is 9.13. The molecule has 0 N–H and O–H groups in total. The normalized spacial score (nSPS) is 15.6. The van der Waals surface area contributed by atoms with Gasteiger partial charge in [-0.15, -0.1) is 0 Å². The molecule has 0 aliphatic carbocycles. The second-order valence-electron chi connectivity index (χ2n) is 3.00. The fraction of sp³-hybridized carbons (Fsp3) is 0.182. The van der Waals surface area contributed by atoms with Crippen LogP contribution in [-0.2, 0) is 4.84 Å². The molecule has 0 aromatic heterocycles. The molecule has 0 fully saturated rings. The molecule has 1 amide bonds. The molecule has 3 heteroatoms. The Bertz CT molecular complexity index is 346. The van der Waals surface area contributed by atoms with Crippen molar-refractivity contribution in [3.63, 3.8) is 0 Å². The highest BCUT2D eigenvalue weighted by Crippen LogP contribution is 2.07. The zero-order valence-corrected chi connectivity index (χ0v) is 7.72. The van der Waals surface area contributed by atoms with Gasteiger partial charge in [-0.2, -0.15) is 0 Å². The van der Waals surface area contributed by atoms with Crippen molar-refractivity contribution < 1.29 is 9.63 Å². The molecule has 1 aromatic rings. The quantitative estimate of drug-likeness (QED) is 0.628. The Balaban J connectivity index is 2.12. The number of rotatable bonds is 1. The van der Waals surface area contributed by atoms with E-state index in [2.05, 4.69) is 0 Å². The second-order valence-corrected chi connectivity index (χ2v) is 3.00. The molecule has 1 aliphatic rings. The minimum Gasteiger partial charge on any atom is -0.267 e. The van der Waals surface area contributed by atoms with E-state index >= 15 is 0 Å². The summed E-state index contributed by atoms with van der Waals surface area (Å²) in [4.78, 5) is 17.0. The van der Waals surface area contributed by atoms with Crippen molar-refractivity contribution in [1.82, 2.24) is 5.06 Å². The summed E-state index contributed by atoms with van der Waals surface area (Å²) in [5.74, 6) is -0.0880. The van der Waals surface area contributed by atoms with E-state index < -0.39 is 0 Å². The van der Waals surface area contributed by atoms with Gasteiger partial charge >= 0.3 is 0 Å². The van der Waals surface area contributed by atoms with Crippen LogP contribution in [0.25, 0.3) is 0 Å². The molecular formula is C11H11NO2. The number of hydroxylamine groups is 2. The molecule has 3 nitrogen and oxygen atoms in total. The van der Waals surface area contributed by atoms with Crippen molar-refractivity contribution in [1.29, 1.82) is 0 Å². The van der Waals surface area contributed by atoms with Gasteiger partial charge in [-0.1, -0.05) is 30.4 Å². The summed E-state index contributed by atoms with van der Waals surface area (Å²) >= 11 is 0. The van der Waals surface area contributed by atoms with E-state index in [9.17, 15) is 4.79 Å². The monoisotopic (exact) mass is 189 g/mol. The standard InChI is InChI=1S/C11H11NO2/c13-11(10-6-2-1-3-7-10)12-8-4-5-9-14-12/h1-7H,8-9H2. The zero-order chi connectivity index (χ0) is 9.80. The largest absolute Gasteiger partial charge is 0.277 e. The van der Waals surface area contributed by atoms with Crippen LogP contribution in [0.2, 0.25) is 0 Å². The van der Waals surface area contributed by atoms with Gasteiger partial charge in [0, 0.05) is 5.56 Å². The van der Waals surface area contributed by atoms with Crippen LogP contribution in [0.4, 0.5) is 0 Å². The van der Waals surface area contributed by atoms with Crippen LogP contribution >= 0.6 is 0 Å². The Morgan fingerprint density at radius 3 is 2.64 bits per heavy atom. The van der Waals surface area contributed by atoms with Gasteiger partial charge in [-0.3, -0.25) is 9.63 Å². The lowest BCUT2D eigenvalue weighted by molar-refractivity contribution is -0.110. The Morgan fingerprint density at radius 2 is 2.00 bits per heavy atom. The van der Waals surface area contributed by atoms with Gasteiger partial charge in [0.2, 0.25) is 0 Å². The number of hydrogen-bond donors (Lipinski definition) is 0. The van der Waals surface area contributed by atoms with Crippen molar-refractivity contribution in [3.8, 4) is 0 Å². The predicted octanol–water partition coefficient (Wildman–Crippen LogP) is 1.63. The molecule has 0 radical (unpaired) electrons. The van der Waals surface area contributed by atoms with Crippen LogP contribution in [-0.4, -0.2) is 24.1 Å². The van der Waals surface area contributed by atoms with Crippen molar-refractivity contribution in [2.75, 3.05) is 13.2 Å². The summed E-state index contributed by atoms with van der Waals surface area (Å²) in [5, 5.41) is 1.37. The maximum atomic E-state index is 11.8. The lowest BCUT2D eigenvalue weighted by Gasteiger charge is -2.22. The van der Waals surface area contributed by atoms with E-state index in [1.165, 1.54) is 5.06 Å². The van der Waals surface area contributed by atoms with Gasteiger partial charge in [0.15, 0.2) is 0 Å². The molecule has 0 spiro atoms. The van der Waals surface area contributed by atoms with Crippen molar-refractivity contribution in [2.45, 2.75) is 0 Å². The lowest BCUT2D eigenvalue weighted by atomic mass is 10.2. The highest BCUT2D eigenvalue weighted by Gasteiger charge is 2.16. The third-order valence-electron chi connectivity index (χ3n) is 2.01.